The van der Waals surface area contributed by atoms with E-state index in [1.54, 1.807) is 19.9 Å². The Morgan fingerprint density at radius 1 is 1.11 bits per heavy atom. The van der Waals surface area contributed by atoms with E-state index >= 15 is 0 Å². The van der Waals surface area contributed by atoms with Gasteiger partial charge in [0.1, 0.15) is 0 Å². The minimum Gasteiger partial charge on any atom is -0.287 e. The van der Waals surface area contributed by atoms with Gasteiger partial charge >= 0.3 is 7.82 Å². The van der Waals surface area contributed by atoms with Gasteiger partial charge in [-0.3, -0.25) is 13.6 Å². The summed E-state index contributed by atoms with van der Waals surface area (Å²) in [6, 6.07) is 7.83. The first-order valence-electron chi connectivity index (χ1n) is 6.05. The lowest BCUT2D eigenvalue weighted by Gasteiger charge is -2.14. The smallest absolute Gasteiger partial charge is 0.287 e. The predicted molar refractivity (Wildman–Crippen MR) is 80.0 cm³/mol. The average molecular weight is 349 g/mol. The molecule has 0 aliphatic carbocycles. The Balaban J connectivity index is 2.47. The van der Waals surface area contributed by atoms with Gasteiger partial charge < -0.3 is 0 Å². The zero-order valence-corrected chi connectivity index (χ0v) is 13.5. The Morgan fingerprint density at radius 2 is 1.68 bits per heavy atom. The lowest BCUT2D eigenvalue weighted by Crippen LogP contribution is -2.00. The summed E-state index contributed by atoms with van der Waals surface area (Å²) in [5.41, 5.74) is 1.04. The number of halogens is 1. The van der Waals surface area contributed by atoms with Gasteiger partial charge in [-0.1, -0.05) is 40.2 Å². The second-order valence-electron chi connectivity index (χ2n) is 3.53. The third kappa shape index (κ3) is 6.50. The molecule has 0 aromatic heterocycles. The molecule has 0 heterocycles. The number of hydrogen-bond acceptors (Lipinski definition) is 4. The van der Waals surface area contributed by atoms with Gasteiger partial charge in [0, 0.05) is 4.47 Å². The topological polar surface area (TPSA) is 44.8 Å². The van der Waals surface area contributed by atoms with Crippen LogP contribution in [0.4, 0.5) is 0 Å². The van der Waals surface area contributed by atoms with Gasteiger partial charge in [-0.05, 0) is 31.5 Å². The molecule has 6 heteroatoms. The highest BCUT2D eigenvalue weighted by molar-refractivity contribution is 9.10. The van der Waals surface area contributed by atoms with E-state index in [0.29, 0.717) is 0 Å². The fraction of sp³-hybridized carbons (Fsp3) is 0.385. The first kappa shape index (κ1) is 16.6. The maximum Gasteiger partial charge on any atom is 0.475 e. The summed E-state index contributed by atoms with van der Waals surface area (Å²) in [5.74, 6) is 0. The van der Waals surface area contributed by atoms with Crippen molar-refractivity contribution >= 4 is 29.8 Å². The summed E-state index contributed by atoms with van der Waals surface area (Å²) in [6.45, 7) is 4.23. The van der Waals surface area contributed by atoms with Gasteiger partial charge in [-0.25, -0.2) is 4.57 Å². The van der Waals surface area contributed by atoms with Crippen molar-refractivity contribution in [2.24, 2.45) is 0 Å². The quantitative estimate of drug-likeness (QED) is 0.641. The van der Waals surface area contributed by atoms with Crippen molar-refractivity contribution in [3.05, 3.63) is 40.4 Å². The zero-order chi connectivity index (χ0) is 14.1. The summed E-state index contributed by atoms with van der Waals surface area (Å²) in [5, 5.41) is 0. The molecule has 106 valence electrons. The molecule has 0 saturated heterocycles. The van der Waals surface area contributed by atoms with E-state index < -0.39 is 7.82 Å². The first-order valence-corrected chi connectivity index (χ1v) is 8.30. The molecule has 1 rings (SSSR count). The number of hydrogen-bond donors (Lipinski definition) is 0. The van der Waals surface area contributed by atoms with Crippen molar-refractivity contribution in [1.29, 1.82) is 0 Å². The Bertz CT molecular complexity index is 434. The highest BCUT2D eigenvalue weighted by Gasteiger charge is 2.24. The highest BCUT2D eigenvalue weighted by atomic mass is 79.9. The third-order valence-electron chi connectivity index (χ3n) is 2.08. The van der Waals surface area contributed by atoms with Crippen LogP contribution in [-0.2, 0) is 18.1 Å². The van der Waals surface area contributed by atoms with Crippen LogP contribution < -0.4 is 0 Å². The van der Waals surface area contributed by atoms with Crippen molar-refractivity contribution in [1.82, 2.24) is 0 Å². The summed E-state index contributed by atoms with van der Waals surface area (Å²) in [4.78, 5) is 0. The monoisotopic (exact) mass is 348 g/mol. The Morgan fingerprint density at radius 3 is 2.21 bits per heavy atom. The van der Waals surface area contributed by atoms with Gasteiger partial charge in [0.15, 0.2) is 0 Å². The average Bonchev–Trinajstić information content (AvgIpc) is 2.37. The number of rotatable bonds is 8. The molecular formula is C13H18BrO4P. The van der Waals surface area contributed by atoms with Crippen LogP contribution in [-0.4, -0.2) is 19.8 Å². The van der Waals surface area contributed by atoms with Gasteiger partial charge in [0.2, 0.25) is 0 Å². The molecule has 0 fully saturated rings. The Hall–Kier alpha value is -0.450. The normalized spacial score (nSPS) is 12.2. The van der Waals surface area contributed by atoms with E-state index in [1.165, 1.54) is 0 Å². The molecule has 0 spiro atoms. The van der Waals surface area contributed by atoms with E-state index in [4.69, 9.17) is 13.6 Å². The van der Waals surface area contributed by atoms with Crippen LogP contribution in [0.1, 0.15) is 19.4 Å². The van der Waals surface area contributed by atoms with Crippen LogP contribution in [0.15, 0.2) is 34.8 Å². The minimum atomic E-state index is -3.41. The number of phosphoric ester groups is 1. The predicted octanol–water partition coefficient (Wildman–Crippen LogP) is 4.66. The molecule has 0 radical (unpaired) electrons. The van der Waals surface area contributed by atoms with Crippen LogP contribution in [0.5, 0.6) is 0 Å². The van der Waals surface area contributed by atoms with Crippen molar-refractivity contribution in [3.8, 4) is 0 Å². The van der Waals surface area contributed by atoms with E-state index in [2.05, 4.69) is 15.9 Å². The molecular weight excluding hydrogens is 331 g/mol. The zero-order valence-electron chi connectivity index (χ0n) is 11.0. The van der Waals surface area contributed by atoms with Crippen molar-refractivity contribution in [2.45, 2.75) is 13.8 Å². The van der Waals surface area contributed by atoms with E-state index in [9.17, 15) is 4.57 Å². The molecule has 0 aliphatic rings. The molecule has 0 N–H and O–H groups in total. The van der Waals surface area contributed by atoms with Crippen molar-refractivity contribution in [3.63, 3.8) is 0 Å². The van der Waals surface area contributed by atoms with Crippen LogP contribution in [0.3, 0.4) is 0 Å². The lowest BCUT2D eigenvalue weighted by atomic mass is 10.2. The SMILES string of the molecule is CCOP(=O)(OCC)OC/C=C/c1ccc(Br)cc1. The standard InChI is InChI=1S/C13H18BrO4P/c1-3-16-19(15,17-4-2)18-11-5-6-12-7-9-13(14)10-8-12/h5-10H,3-4,11H2,1-2H3/b6-5+. The van der Waals surface area contributed by atoms with Crippen LogP contribution in [0.25, 0.3) is 6.08 Å². The lowest BCUT2D eigenvalue weighted by molar-refractivity contribution is 0.131. The largest absolute Gasteiger partial charge is 0.475 e. The maximum absolute atomic E-state index is 12.0. The van der Waals surface area contributed by atoms with Crippen molar-refractivity contribution < 1.29 is 18.1 Å². The molecule has 0 unspecified atom stereocenters. The molecule has 19 heavy (non-hydrogen) atoms. The van der Waals surface area contributed by atoms with Crippen LogP contribution in [0.2, 0.25) is 0 Å². The molecule has 0 atom stereocenters. The minimum absolute atomic E-state index is 0.174. The van der Waals surface area contributed by atoms with E-state index in [-0.39, 0.29) is 19.8 Å². The summed E-state index contributed by atoms with van der Waals surface area (Å²) >= 11 is 3.37. The van der Waals surface area contributed by atoms with Crippen molar-refractivity contribution in [2.75, 3.05) is 19.8 Å². The van der Waals surface area contributed by atoms with Gasteiger partial charge in [-0.2, -0.15) is 0 Å². The number of benzene rings is 1. The Kier molecular flexibility index (Phi) is 7.57. The summed E-state index contributed by atoms with van der Waals surface area (Å²) < 4.78 is 28.2. The molecule has 0 saturated carbocycles. The van der Waals surface area contributed by atoms with Crippen LogP contribution >= 0.6 is 23.8 Å². The first-order chi connectivity index (χ1) is 9.09. The van der Waals surface area contributed by atoms with E-state index in [0.717, 1.165) is 10.0 Å². The maximum atomic E-state index is 12.0. The molecule has 0 amide bonds. The van der Waals surface area contributed by atoms with Gasteiger partial charge in [-0.15, -0.1) is 0 Å². The highest BCUT2D eigenvalue weighted by Crippen LogP contribution is 2.49. The second-order valence-corrected chi connectivity index (χ2v) is 6.12. The van der Waals surface area contributed by atoms with Crippen LogP contribution in [0, 0.1) is 0 Å². The molecule has 0 aliphatic heterocycles. The summed E-state index contributed by atoms with van der Waals surface area (Å²) in [7, 11) is -3.41. The molecule has 4 nitrogen and oxygen atoms in total. The fourth-order valence-electron chi connectivity index (χ4n) is 1.32. The second kappa shape index (κ2) is 8.67. The Labute approximate surface area is 122 Å². The third-order valence-corrected chi connectivity index (χ3v) is 4.23. The van der Waals surface area contributed by atoms with Gasteiger partial charge in [0.05, 0.1) is 19.8 Å². The molecule has 1 aromatic rings. The molecule has 1 aromatic carbocycles. The number of phosphoric acid groups is 1. The fourth-order valence-corrected chi connectivity index (χ4v) is 2.71. The summed E-state index contributed by atoms with van der Waals surface area (Å²) in [6.07, 6.45) is 3.66. The van der Waals surface area contributed by atoms with Gasteiger partial charge in [0.25, 0.3) is 0 Å². The van der Waals surface area contributed by atoms with E-state index in [1.807, 2.05) is 30.3 Å². The molecule has 0 bridgehead atoms.